The molecule has 2 saturated heterocycles. The summed E-state index contributed by atoms with van der Waals surface area (Å²) in [6, 6.07) is 6.88. The molecular weight excluding hydrogens is 548 g/mol. The molecule has 0 unspecified atom stereocenters. The molecule has 3 aliphatic rings. The van der Waals surface area contributed by atoms with E-state index >= 15 is 0 Å². The van der Waals surface area contributed by atoms with Crippen LogP contribution >= 0.6 is 0 Å². The highest BCUT2D eigenvalue weighted by Crippen LogP contribution is 2.63. The van der Waals surface area contributed by atoms with Crippen LogP contribution in [0.1, 0.15) is 70.3 Å². The third kappa shape index (κ3) is 6.25. The molecule has 4 rings (SSSR count). The van der Waals surface area contributed by atoms with Crippen molar-refractivity contribution >= 4 is 17.8 Å². The van der Waals surface area contributed by atoms with Crippen molar-refractivity contribution in [2.24, 2.45) is 17.3 Å². The predicted molar refractivity (Wildman–Crippen MR) is 163 cm³/mol. The number of carbonyl (C=O) groups is 3. The largest absolute Gasteiger partial charge is 0.497 e. The van der Waals surface area contributed by atoms with Gasteiger partial charge in [-0.25, -0.2) is 0 Å². The highest BCUT2D eigenvalue weighted by Gasteiger charge is 2.73. The number of carbonyl (C=O) groups excluding carboxylic acids is 3. The van der Waals surface area contributed by atoms with Gasteiger partial charge in [0.05, 0.1) is 44.4 Å². The van der Waals surface area contributed by atoms with Crippen molar-refractivity contribution in [3.05, 3.63) is 55.1 Å². The number of amides is 2. The quantitative estimate of drug-likeness (QED) is 0.168. The highest BCUT2D eigenvalue weighted by molar-refractivity contribution is 5.87. The van der Waals surface area contributed by atoms with Crippen molar-refractivity contribution in [1.29, 1.82) is 0 Å². The van der Waals surface area contributed by atoms with Crippen molar-refractivity contribution in [1.82, 2.24) is 9.80 Å². The minimum absolute atomic E-state index is 0.0554. The van der Waals surface area contributed by atoms with E-state index in [0.717, 1.165) is 5.56 Å². The molecule has 2 heterocycles. The van der Waals surface area contributed by atoms with E-state index in [2.05, 4.69) is 13.2 Å². The number of nitrogens with zero attached hydrogens (tertiary/aromatic N) is 2. The molecule has 1 saturated carbocycles. The van der Waals surface area contributed by atoms with Crippen molar-refractivity contribution in [3.8, 4) is 5.75 Å². The Kier molecular flexibility index (Phi) is 10.7. The maximum absolute atomic E-state index is 14.4. The summed E-state index contributed by atoms with van der Waals surface area (Å²) in [7, 11) is 1.60. The van der Waals surface area contributed by atoms with Crippen LogP contribution in [-0.4, -0.2) is 82.3 Å². The molecular formula is C34H48N2O7. The minimum atomic E-state index is -1.06. The third-order valence-corrected chi connectivity index (χ3v) is 9.97. The van der Waals surface area contributed by atoms with Gasteiger partial charge in [-0.1, -0.05) is 24.3 Å². The zero-order chi connectivity index (χ0) is 31.2. The van der Waals surface area contributed by atoms with Gasteiger partial charge in [-0.2, -0.15) is 0 Å². The molecule has 2 amide bonds. The lowest BCUT2D eigenvalue weighted by Gasteiger charge is -2.63. The Hall–Kier alpha value is -3.17. The van der Waals surface area contributed by atoms with E-state index in [0.29, 0.717) is 63.7 Å². The van der Waals surface area contributed by atoms with E-state index in [1.807, 2.05) is 34.1 Å². The van der Waals surface area contributed by atoms with Crippen LogP contribution in [0.25, 0.3) is 0 Å². The van der Waals surface area contributed by atoms with Crippen molar-refractivity contribution in [3.63, 3.8) is 0 Å². The second-order valence-corrected chi connectivity index (χ2v) is 12.4. The first-order valence-electron chi connectivity index (χ1n) is 15.6. The molecule has 1 aromatic carbocycles. The molecule has 9 nitrogen and oxygen atoms in total. The smallest absolute Gasteiger partial charge is 0.308 e. The molecule has 2 N–H and O–H groups in total. The van der Waals surface area contributed by atoms with Crippen molar-refractivity contribution in [2.45, 2.75) is 88.9 Å². The summed E-state index contributed by atoms with van der Waals surface area (Å²) in [6.07, 6.45) is 6.51. The van der Waals surface area contributed by atoms with Gasteiger partial charge >= 0.3 is 5.97 Å². The maximum atomic E-state index is 14.4. The topological polar surface area (TPSA) is 117 Å². The lowest BCUT2D eigenvalue weighted by atomic mass is 9.51. The maximum Gasteiger partial charge on any atom is 0.308 e. The number of benzene rings is 1. The number of ether oxygens (including phenoxy) is 2. The Morgan fingerprint density at radius 3 is 2.58 bits per heavy atom. The van der Waals surface area contributed by atoms with Crippen LogP contribution in [0.15, 0.2) is 49.6 Å². The number of methoxy groups -OCH3 is 1. The molecule has 3 fully saturated rings. The number of likely N-dealkylation sites (tertiary alicyclic amines) is 2. The van der Waals surface area contributed by atoms with Gasteiger partial charge in [-0.3, -0.25) is 14.4 Å². The zero-order valence-electron chi connectivity index (χ0n) is 25.7. The Balaban J connectivity index is 1.86. The van der Waals surface area contributed by atoms with Crippen LogP contribution in [0.2, 0.25) is 0 Å². The second kappa shape index (κ2) is 14.1. The molecule has 0 spiro atoms. The monoisotopic (exact) mass is 596 g/mol. The molecule has 1 aromatic rings. The van der Waals surface area contributed by atoms with Gasteiger partial charge in [0, 0.05) is 30.8 Å². The molecule has 236 valence electrons. The van der Waals surface area contributed by atoms with Crippen LogP contribution in [0.4, 0.5) is 0 Å². The molecule has 0 radical (unpaired) electrons. The van der Waals surface area contributed by atoms with Gasteiger partial charge in [0.25, 0.3) is 0 Å². The van der Waals surface area contributed by atoms with Gasteiger partial charge < -0.3 is 29.5 Å². The summed E-state index contributed by atoms with van der Waals surface area (Å²) in [5, 5.41) is 21.9. The van der Waals surface area contributed by atoms with Crippen LogP contribution in [-0.2, 0) is 25.7 Å². The first-order valence-corrected chi connectivity index (χ1v) is 15.6. The number of hydrogen-bond acceptors (Lipinski definition) is 7. The number of unbranched alkanes of at least 4 members (excludes halogenated alkanes) is 1. The molecule has 43 heavy (non-hydrogen) atoms. The first-order chi connectivity index (χ1) is 20.7. The Bertz CT molecular complexity index is 1170. The fourth-order valence-corrected chi connectivity index (χ4v) is 8.19. The first kappa shape index (κ1) is 32.7. The number of hydrogen-bond donors (Lipinski definition) is 2. The number of allylic oxidation sites excluding steroid dienone is 1. The Morgan fingerprint density at radius 2 is 1.95 bits per heavy atom. The number of esters is 1. The van der Waals surface area contributed by atoms with E-state index in [-0.39, 0.29) is 43.9 Å². The number of rotatable bonds is 16. The van der Waals surface area contributed by atoms with E-state index in [1.54, 1.807) is 26.2 Å². The average Bonchev–Trinajstić information content (AvgIpc) is 3.15. The summed E-state index contributed by atoms with van der Waals surface area (Å²) in [5.74, 6) is -0.430. The lowest BCUT2D eigenvalue weighted by molar-refractivity contribution is -0.181. The highest BCUT2D eigenvalue weighted by atomic mass is 16.5. The lowest BCUT2D eigenvalue weighted by Crippen LogP contribution is -2.75. The van der Waals surface area contributed by atoms with Crippen molar-refractivity contribution in [2.75, 3.05) is 26.9 Å². The summed E-state index contributed by atoms with van der Waals surface area (Å²) in [6.45, 7) is 9.90. The van der Waals surface area contributed by atoms with E-state index in [1.165, 1.54) is 0 Å². The fourth-order valence-electron chi connectivity index (χ4n) is 8.19. The molecule has 2 aliphatic heterocycles. The standard InChI is InChI=1S/C34H48N2O7/c1-5-8-9-11-29(39)35-19-17-28-27-20-33(23-37,18-16-25(38)10-6-2)32(35)34(28,21-30(40)43-7-3)36(31(27)41)22-24-12-14-26(42-4)15-13-24/h5-6,12-15,25,27-28,32,37-38H,1-2,7-11,16-23H2,3-4H3/t25-,27+,28-,32+,33+,34+/m1/s1. The minimum Gasteiger partial charge on any atom is -0.497 e. The molecule has 0 aromatic heterocycles. The second-order valence-electron chi connectivity index (χ2n) is 12.4. The normalized spacial score (nSPS) is 28.4. The average molecular weight is 597 g/mol. The molecule has 6 atom stereocenters. The van der Waals surface area contributed by atoms with Crippen LogP contribution in [0.3, 0.4) is 0 Å². The number of aliphatic hydroxyl groups excluding tert-OH is 2. The third-order valence-electron chi connectivity index (χ3n) is 9.97. The summed E-state index contributed by atoms with van der Waals surface area (Å²) in [4.78, 5) is 45.5. The van der Waals surface area contributed by atoms with Gasteiger partial charge in [-0.05, 0) is 75.5 Å². The van der Waals surface area contributed by atoms with Gasteiger partial charge in [0.1, 0.15) is 5.75 Å². The fraction of sp³-hybridized carbons (Fsp3) is 0.618. The summed E-state index contributed by atoms with van der Waals surface area (Å²) in [5.41, 5.74) is -1.08. The Morgan fingerprint density at radius 1 is 1.21 bits per heavy atom. The molecule has 9 heteroatoms. The van der Waals surface area contributed by atoms with E-state index in [4.69, 9.17) is 9.47 Å². The van der Waals surface area contributed by atoms with Gasteiger partial charge in [-0.15, -0.1) is 13.2 Å². The van der Waals surface area contributed by atoms with Crippen LogP contribution < -0.4 is 4.74 Å². The van der Waals surface area contributed by atoms with Crippen molar-refractivity contribution < 1.29 is 34.1 Å². The zero-order valence-corrected chi connectivity index (χ0v) is 25.7. The predicted octanol–water partition coefficient (Wildman–Crippen LogP) is 4.02. The van der Waals surface area contributed by atoms with Crippen LogP contribution in [0, 0.1) is 17.3 Å². The summed E-state index contributed by atoms with van der Waals surface area (Å²) < 4.78 is 10.8. The molecule has 1 aliphatic carbocycles. The SMILES string of the molecule is C=CCCCC(=O)N1CC[C@@H]2[C@@H]3C[C@](CO)(CC[C@H](O)CC=C)[C@H]1[C@@]2(CC(=O)OCC)N(Cc1ccc(OC)cc1)C3=O. The molecule has 4 bridgehead atoms. The van der Waals surface area contributed by atoms with Gasteiger partial charge in [0.2, 0.25) is 11.8 Å². The Labute approximate surface area is 255 Å². The van der Waals surface area contributed by atoms with Gasteiger partial charge in [0.15, 0.2) is 0 Å². The van der Waals surface area contributed by atoms with E-state index < -0.39 is 35.0 Å². The summed E-state index contributed by atoms with van der Waals surface area (Å²) >= 11 is 0. The van der Waals surface area contributed by atoms with Crippen LogP contribution in [0.5, 0.6) is 5.75 Å². The van der Waals surface area contributed by atoms with E-state index in [9.17, 15) is 24.6 Å². The number of aliphatic hydroxyl groups is 2. The number of piperidine rings is 1.